The van der Waals surface area contributed by atoms with Crippen LogP contribution in [0.25, 0.3) is 0 Å². The van der Waals surface area contributed by atoms with Crippen LogP contribution in [0.15, 0.2) is 0 Å². The second kappa shape index (κ2) is 6.34. The first-order valence-electron chi connectivity index (χ1n) is 5.28. The molecule has 0 radical (unpaired) electrons. The van der Waals surface area contributed by atoms with Crippen molar-refractivity contribution in [1.82, 2.24) is 10.6 Å². The van der Waals surface area contributed by atoms with E-state index in [9.17, 15) is 22.2 Å². The highest BCUT2D eigenvalue weighted by Gasteiger charge is 2.27. The number of nitrogens with one attached hydrogen (secondary N) is 2. The summed E-state index contributed by atoms with van der Waals surface area (Å²) >= 11 is 0. The molecule has 2 N–H and O–H groups in total. The molecule has 1 aliphatic heterocycles. The van der Waals surface area contributed by atoms with Crippen LogP contribution in [-0.2, 0) is 15.6 Å². The molecule has 1 fully saturated rings. The molecular formula is C9H15F3N2O2S. The van der Waals surface area contributed by atoms with Crippen LogP contribution in [0.5, 0.6) is 0 Å². The summed E-state index contributed by atoms with van der Waals surface area (Å²) in [6.07, 6.45) is -2.99. The van der Waals surface area contributed by atoms with Crippen molar-refractivity contribution in [2.24, 2.45) is 0 Å². The fourth-order valence-electron chi connectivity index (χ4n) is 1.50. The van der Waals surface area contributed by atoms with Crippen molar-refractivity contribution in [3.8, 4) is 0 Å². The van der Waals surface area contributed by atoms with E-state index in [4.69, 9.17) is 0 Å². The van der Waals surface area contributed by atoms with Gasteiger partial charge < -0.3 is 10.6 Å². The molecule has 1 amide bonds. The molecule has 0 aromatic rings. The highest BCUT2D eigenvalue weighted by Crippen LogP contribution is 2.12. The van der Waals surface area contributed by atoms with Crippen molar-refractivity contribution in [2.45, 2.75) is 25.1 Å². The number of hydrogen-bond donors (Lipinski definition) is 2. The molecule has 1 aliphatic rings. The Morgan fingerprint density at radius 3 is 2.41 bits per heavy atom. The van der Waals surface area contributed by atoms with Gasteiger partial charge in [0, 0.05) is 28.3 Å². The average Bonchev–Trinajstić information content (AvgIpc) is 2.25. The number of carbonyl (C=O) groups is 1. The van der Waals surface area contributed by atoms with Gasteiger partial charge in [0.15, 0.2) is 0 Å². The van der Waals surface area contributed by atoms with Crippen molar-refractivity contribution >= 4 is 16.7 Å². The molecule has 0 saturated carbocycles. The fourth-order valence-corrected chi connectivity index (χ4v) is 2.80. The van der Waals surface area contributed by atoms with Crippen LogP contribution in [0.1, 0.15) is 12.8 Å². The molecule has 0 aromatic carbocycles. The molecule has 0 spiro atoms. The number of halogens is 3. The minimum atomic E-state index is -4.38. The van der Waals surface area contributed by atoms with Crippen molar-refractivity contribution in [3.63, 3.8) is 0 Å². The third-order valence-electron chi connectivity index (χ3n) is 2.43. The monoisotopic (exact) mass is 272 g/mol. The molecule has 0 aliphatic carbocycles. The summed E-state index contributed by atoms with van der Waals surface area (Å²) in [5.41, 5.74) is 0. The topological polar surface area (TPSA) is 58.2 Å². The van der Waals surface area contributed by atoms with Gasteiger partial charge in [-0.15, -0.1) is 0 Å². The van der Waals surface area contributed by atoms with Gasteiger partial charge in [-0.05, 0) is 12.8 Å². The highest BCUT2D eigenvalue weighted by molar-refractivity contribution is 7.85. The number of carbonyl (C=O) groups excluding carboxylic acids is 1. The molecule has 1 saturated heterocycles. The molecule has 0 atom stereocenters. The van der Waals surface area contributed by atoms with Crippen molar-refractivity contribution < 1.29 is 22.2 Å². The average molecular weight is 272 g/mol. The Kier molecular flexibility index (Phi) is 5.38. The first-order chi connectivity index (χ1) is 7.87. The lowest BCUT2D eigenvalue weighted by molar-refractivity contribution is -0.137. The van der Waals surface area contributed by atoms with E-state index in [-0.39, 0.29) is 12.6 Å². The van der Waals surface area contributed by atoms with Crippen LogP contribution in [0.3, 0.4) is 0 Å². The smallest absolute Gasteiger partial charge is 0.346 e. The molecule has 0 bridgehead atoms. The predicted octanol–water partition coefficient (Wildman–Crippen LogP) is 0.166. The van der Waals surface area contributed by atoms with E-state index < -0.39 is 29.4 Å². The van der Waals surface area contributed by atoms with E-state index in [1.54, 1.807) is 5.32 Å². The molecule has 17 heavy (non-hydrogen) atoms. The van der Waals surface area contributed by atoms with Crippen molar-refractivity contribution in [2.75, 3.05) is 24.6 Å². The van der Waals surface area contributed by atoms with Crippen molar-refractivity contribution in [3.05, 3.63) is 0 Å². The molecule has 4 nitrogen and oxygen atoms in total. The number of hydrogen-bond acceptors (Lipinski definition) is 3. The second-order valence-electron chi connectivity index (χ2n) is 3.90. The lowest BCUT2D eigenvalue weighted by Gasteiger charge is -2.22. The quantitative estimate of drug-likeness (QED) is 0.767. The Hall–Kier alpha value is -0.630. The Morgan fingerprint density at radius 2 is 1.88 bits per heavy atom. The van der Waals surface area contributed by atoms with Crippen LogP contribution < -0.4 is 10.6 Å². The van der Waals surface area contributed by atoms with Crippen LogP contribution in [0.4, 0.5) is 13.2 Å². The van der Waals surface area contributed by atoms with Gasteiger partial charge in [-0.3, -0.25) is 9.00 Å². The molecule has 0 unspecified atom stereocenters. The van der Waals surface area contributed by atoms with Gasteiger partial charge in [-0.25, -0.2) is 0 Å². The van der Waals surface area contributed by atoms with Crippen LogP contribution in [0, 0.1) is 0 Å². The van der Waals surface area contributed by atoms with Gasteiger partial charge in [0.1, 0.15) is 6.54 Å². The summed E-state index contributed by atoms with van der Waals surface area (Å²) in [5, 5.41) is 4.65. The zero-order valence-electron chi connectivity index (χ0n) is 9.18. The van der Waals surface area contributed by atoms with Crippen LogP contribution in [0.2, 0.25) is 0 Å². The zero-order valence-corrected chi connectivity index (χ0v) is 10.00. The molecule has 1 rings (SSSR count). The first kappa shape index (κ1) is 14.4. The maximum atomic E-state index is 11.8. The van der Waals surface area contributed by atoms with Gasteiger partial charge in [0.05, 0.1) is 6.54 Å². The predicted molar refractivity (Wildman–Crippen MR) is 58.0 cm³/mol. The Labute approximate surface area is 99.8 Å². The summed E-state index contributed by atoms with van der Waals surface area (Å²) in [6.45, 7) is -1.43. The lowest BCUT2D eigenvalue weighted by atomic mass is 10.1. The maximum Gasteiger partial charge on any atom is 0.405 e. The van der Waals surface area contributed by atoms with Gasteiger partial charge >= 0.3 is 6.18 Å². The Balaban J connectivity index is 2.13. The summed E-state index contributed by atoms with van der Waals surface area (Å²) in [4.78, 5) is 11.1. The molecule has 0 aromatic heterocycles. The largest absolute Gasteiger partial charge is 0.405 e. The van der Waals surface area contributed by atoms with E-state index in [0.717, 1.165) is 0 Å². The minimum Gasteiger partial charge on any atom is -0.346 e. The summed E-state index contributed by atoms with van der Waals surface area (Å²) in [7, 11) is -0.780. The molecule has 100 valence electrons. The first-order valence-corrected chi connectivity index (χ1v) is 6.77. The van der Waals surface area contributed by atoms with E-state index >= 15 is 0 Å². The van der Waals surface area contributed by atoms with E-state index in [1.165, 1.54) is 0 Å². The van der Waals surface area contributed by atoms with Crippen molar-refractivity contribution in [1.29, 1.82) is 0 Å². The number of amides is 1. The molecule has 1 heterocycles. The van der Waals surface area contributed by atoms with Gasteiger partial charge in [-0.2, -0.15) is 13.2 Å². The Morgan fingerprint density at radius 1 is 1.29 bits per heavy atom. The van der Waals surface area contributed by atoms with E-state index in [1.807, 2.05) is 0 Å². The van der Waals surface area contributed by atoms with E-state index in [2.05, 4.69) is 5.32 Å². The number of rotatable bonds is 4. The minimum absolute atomic E-state index is 0.0735. The third-order valence-corrected chi connectivity index (χ3v) is 3.81. The SMILES string of the molecule is O=C(CNC1CCS(=O)CC1)NCC(F)(F)F. The highest BCUT2D eigenvalue weighted by atomic mass is 32.2. The third kappa shape index (κ3) is 6.62. The standard InChI is InChI=1S/C9H15F3N2O2S/c10-9(11,12)6-14-8(15)5-13-7-1-3-17(16)4-2-7/h7,13H,1-6H2,(H,14,15). The molecular weight excluding hydrogens is 257 g/mol. The second-order valence-corrected chi connectivity index (χ2v) is 5.59. The zero-order chi connectivity index (χ0) is 12.9. The summed E-state index contributed by atoms with van der Waals surface area (Å²) in [6, 6.07) is 0.0735. The van der Waals surface area contributed by atoms with Gasteiger partial charge in [0.25, 0.3) is 0 Å². The van der Waals surface area contributed by atoms with Crippen LogP contribution >= 0.6 is 0 Å². The maximum absolute atomic E-state index is 11.8. The number of alkyl halides is 3. The fraction of sp³-hybridized carbons (Fsp3) is 0.889. The van der Waals surface area contributed by atoms with E-state index in [0.29, 0.717) is 24.3 Å². The van der Waals surface area contributed by atoms with Crippen LogP contribution in [-0.4, -0.2) is 46.9 Å². The lowest BCUT2D eigenvalue weighted by Crippen LogP contribution is -2.44. The summed E-state index contributed by atoms with van der Waals surface area (Å²) < 4.78 is 46.4. The molecule has 8 heteroatoms. The Bertz CT molecular complexity index is 286. The normalized spacial score (nSPS) is 25.6. The van der Waals surface area contributed by atoms with Gasteiger partial charge in [0.2, 0.25) is 5.91 Å². The van der Waals surface area contributed by atoms with Gasteiger partial charge in [-0.1, -0.05) is 0 Å². The summed E-state index contributed by atoms with van der Waals surface area (Å²) in [5.74, 6) is 0.498.